The fraction of sp³-hybridized carbons (Fsp3) is 0.300. The van der Waals surface area contributed by atoms with E-state index in [0.29, 0.717) is 11.0 Å². The van der Waals surface area contributed by atoms with Crippen molar-refractivity contribution in [3.8, 4) is 0 Å². The van der Waals surface area contributed by atoms with E-state index in [1.807, 2.05) is 0 Å². The number of nitrogens with one attached hydrogen (secondary N) is 1. The molecule has 0 unspecified atom stereocenters. The van der Waals surface area contributed by atoms with Gasteiger partial charge in [0.05, 0.1) is 21.8 Å². The van der Waals surface area contributed by atoms with Crippen LogP contribution in [0, 0.1) is 11.7 Å². The molecule has 1 aliphatic heterocycles. The number of aromatic nitrogens is 2. The van der Waals surface area contributed by atoms with Crippen LogP contribution in [0.4, 0.5) is 29.2 Å². The molecule has 1 fully saturated rings. The van der Waals surface area contributed by atoms with Crippen LogP contribution in [0.2, 0.25) is 0 Å². The van der Waals surface area contributed by atoms with Crippen LogP contribution in [0.1, 0.15) is 12.8 Å². The van der Waals surface area contributed by atoms with Gasteiger partial charge in [-0.3, -0.25) is 4.72 Å². The van der Waals surface area contributed by atoms with E-state index < -0.39 is 27.9 Å². The van der Waals surface area contributed by atoms with Crippen molar-refractivity contribution >= 4 is 32.7 Å². The SMILES string of the molecule is O=S(=O)(Nc1nc2ccccc2nc1N1CCC[C@@H](C(F)(F)F)C1)c1ccc(F)cc1. The molecule has 4 rings (SSSR count). The van der Waals surface area contributed by atoms with Crippen molar-refractivity contribution in [2.75, 3.05) is 22.7 Å². The number of hydrogen-bond donors (Lipinski definition) is 1. The van der Waals surface area contributed by atoms with Crippen molar-refractivity contribution in [3.05, 3.63) is 54.3 Å². The Labute approximate surface area is 176 Å². The van der Waals surface area contributed by atoms with Crippen molar-refractivity contribution in [3.63, 3.8) is 0 Å². The summed E-state index contributed by atoms with van der Waals surface area (Å²) in [6.07, 6.45) is -4.09. The van der Waals surface area contributed by atoms with Gasteiger partial charge in [0.2, 0.25) is 0 Å². The lowest BCUT2D eigenvalue weighted by Crippen LogP contribution is -2.42. The fourth-order valence-electron chi connectivity index (χ4n) is 3.52. The topological polar surface area (TPSA) is 75.2 Å². The predicted molar refractivity (Wildman–Crippen MR) is 108 cm³/mol. The minimum atomic E-state index is -4.36. The molecule has 1 saturated heterocycles. The normalized spacial score (nSPS) is 17.7. The minimum Gasteiger partial charge on any atom is -0.353 e. The lowest BCUT2D eigenvalue weighted by atomic mass is 9.97. The van der Waals surface area contributed by atoms with Gasteiger partial charge >= 0.3 is 6.18 Å². The van der Waals surface area contributed by atoms with E-state index in [1.165, 1.54) is 4.90 Å². The maximum atomic E-state index is 13.3. The number of benzene rings is 2. The van der Waals surface area contributed by atoms with E-state index in [9.17, 15) is 26.0 Å². The van der Waals surface area contributed by atoms with Crippen molar-refractivity contribution in [1.29, 1.82) is 0 Å². The highest BCUT2D eigenvalue weighted by molar-refractivity contribution is 7.92. The number of anilines is 2. The molecular formula is C20H18F4N4O2S. The van der Waals surface area contributed by atoms with E-state index in [0.717, 1.165) is 24.3 Å². The smallest absolute Gasteiger partial charge is 0.353 e. The Hall–Kier alpha value is -2.95. The van der Waals surface area contributed by atoms with Gasteiger partial charge in [0, 0.05) is 13.1 Å². The Morgan fingerprint density at radius 1 is 1.00 bits per heavy atom. The highest BCUT2D eigenvalue weighted by Crippen LogP contribution is 2.36. The predicted octanol–water partition coefficient (Wildman–Crippen LogP) is 4.35. The summed E-state index contributed by atoms with van der Waals surface area (Å²) in [6, 6.07) is 10.8. The van der Waals surface area contributed by atoms with E-state index in [-0.39, 0.29) is 42.5 Å². The van der Waals surface area contributed by atoms with Gasteiger partial charge in [-0.25, -0.2) is 22.8 Å². The van der Waals surface area contributed by atoms with Gasteiger partial charge < -0.3 is 4.90 Å². The van der Waals surface area contributed by atoms with Crippen molar-refractivity contribution < 1.29 is 26.0 Å². The molecule has 1 aliphatic rings. The van der Waals surface area contributed by atoms with E-state index in [4.69, 9.17) is 0 Å². The number of halogens is 4. The van der Waals surface area contributed by atoms with Gasteiger partial charge in [-0.15, -0.1) is 0 Å². The number of fused-ring (bicyclic) bond motifs is 1. The maximum absolute atomic E-state index is 13.3. The molecule has 31 heavy (non-hydrogen) atoms. The van der Waals surface area contributed by atoms with Gasteiger partial charge in [0.15, 0.2) is 11.6 Å². The molecule has 2 heterocycles. The molecule has 0 bridgehead atoms. The number of para-hydroxylation sites is 2. The van der Waals surface area contributed by atoms with Crippen molar-refractivity contribution in [2.24, 2.45) is 5.92 Å². The first-order valence-corrected chi connectivity index (χ1v) is 11.0. The summed E-state index contributed by atoms with van der Waals surface area (Å²) in [6.45, 7) is -0.0628. The van der Waals surface area contributed by atoms with Gasteiger partial charge in [-0.1, -0.05) is 12.1 Å². The lowest BCUT2D eigenvalue weighted by Gasteiger charge is -2.35. The third-order valence-electron chi connectivity index (χ3n) is 5.09. The Morgan fingerprint density at radius 2 is 1.65 bits per heavy atom. The van der Waals surface area contributed by atoms with Gasteiger partial charge in [-0.05, 0) is 49.2 Å². The van der Waals surface area contributed by atoms with Crippen LogP contribution in [0.25, 0.3) is 11.0 Å². The van der Waals surface area contributed by atoms with Crippen LogP contribution in [-0.4, -0.2) is 37.7 Å². The summed E-state index contributed by atoms with van der Waals surface area (Å²) in [5.74, 6) is -2.29. The first kappa shape index (κ1) is 21.3. The first-order chi connectivity index (χ1) is 14.6. The summed E-state index contributed by atoms with van der Waals surface area (Å²) in [5.41, 5.74) is 0.809. The standard InChI is InChI=1S/C20H18F4N4O2S/c21-14-7-9-15(10-8-14)31(29,30)27-18-19(26-17-6-2-1-5-16(17)25-18)28-11-3-4-13(12-28)20(22,23)24/h1-2,5-10,13H,3-4,11-12H2,(H,25,27)/t13-/m1/s1. The second-order valence-corrected chi connectivity index (χ2v) is 8.95. The van der Waals surface area contributed by atoms with Crippen LogP contribution >= 0.6 is 0 Å². The van der Waals surface area contributed by atoms with E-state index >= 15 is 0 Å². The Kier molecular flexibility index (Phi) is 5.46. The molecule has 0 spiro atoms. The molecule has 0 radical (unpaired) electrons. The number of alkyl halides is 3. The van der Waals surface area contributed by atoms with Gasteiger partial charge in [-0.2, -0.15) is 13.2 Å². The molecule has 1 aromatic heterocycles. The van der Waals surface area contributed by atoms with Crippen LogP contribution in [0.15, 0.2) is 53.4 Å². The largest absolute Gasteiger partial charge is 0.393 e. The number of nitrogens with zero attached hydrogens (tertiary/aromatic N) is 3. The molecule has 0 amide bonds. The number of piperidine rings is 1. The average molecular weight is 454 g/mol. The zero-order chi connectivity index (χ0) is 22.2. The lowest BCUT2D eigenvalue weighted by molar-refractivity contribution is -0.176. The third kappa shape index (κ3) is 4.55. The molecule has 11 heteroatoms. The molecular weight excluding hydrogens is 436 g/mol. The summed E-state index contributed by atoms with van der Waals surface area (Å²) in [4.78, 5) is 9.93. The van der Waals surface area contributed by atoms with Crippen LogP contribution in [0.5, 0.6) is 0 Å². The molecule has 1 N–H and O–H groups in total. The summed E-state index contributed by atoms with van der Waals surface area (Å²) >= 11 is 0. The summed E-state index contributed by atoms with van der Waals surface area (Å²) in [7, 11) is -4.17. The highest BCUT2D eigenvalue weighted by atomic mass is 32.2. The number of sulfonamides is 1. The number of rotatable bonds is 4. The van der Waals surface area contributed by atoms with E-state index in [2.05, 4.69) is 14.7 Å². The van der Waals surface area contributed by atoms with E-state index in [1.54, 1.807) is 24.3 Å². The summed E-state index contributed by atoms with van der Waals surface area (Å²) in [5, 5.41) is 0. The second-order valence-electron chi connectivity index (χ2n) is 7.27. The van der Waals surface area contributed by atoms with Crippen molar-refractivity contribution in [1.82, 2.24) is 9.97 Å². The third-order valence-corrected chi connectivity index (χ3v) is 6.45. The summed E-state index contributed by atoms with van der Waals surface area (Å²) < 4.78 is 81.0. The van der Waals surface area contributed by atoms with Gasteiger partial charge in [0.25, 0.3) is 10.0 Å². The fourth-order valence-corrected chi connectivity index (χ4v) is 4.52. The Morgan fingerprint density at radius 3 is 2.29 bits per heavy atom. The minimum absolute atomic E-state index is 0.00233. The Balaban J connectivity index is 1.76. The first-order valence-electron chi connectivity index (χ1n) is 9.50. The molecule has 2 aromatic carbocycles. The van der Waals surface area contributed by atoms with Crippen LogP contribution in [-0.2, 0) is 10.0 Å². The van der Waals surface area contributed by atoms with Crippen molar-refractivity contribution in [2.45, 2.75) is 23.9 Å². The maximum Gasteiger partial charge on any atom is 0.393 e. The average Bonchev–Trinajstić information content (AvgIpc) is 2.73. The highest BCUT2D eigenvalue weighted by Gasteiger charge is 2.42. The molecule has 3 aromatic rings. The van der Waals surface area contributed by atoms with Crippen LogP contribution in [0.3, 0.4) is 0 Å². The van der Waals surface area contributed by atoms with Gasteiger partial charge in [0.1, 0.15) is 5.82 Å². The molecule has 0 saturated carbocycles. The Bertz CT molecular complexity index is 1200. The molecule has 0 aliphatic carbocycles. The second kappa shape index (κ2) is 7.95. The molecule has 6 nitrogen and oxygen atoms in total. The molecule has 1 atom stereocenters. The zero-order valence-corrected chi connectivity index (χ0v) is 16.9. The molecule has 164 valence electrons. The zero-order valence-electron chi connectivity index (χ0n) is 16.1. The quantitative estimate of drug-likeness (QED) is 0.594. The monoisotopic (exact) mass is 454 g/mol. The number of hydrogen-bond acceptors (Lipinski definition) is 5. The van der Waals surface area contributed by atoms with Crippen LogP contribution < -0.4 is 9.62 Å².